The summed E-state index contributed by atoms with van der Waals surface area (Å²) in [7, 11) is 2.13. The van der Waals surface area contributed by atoms with E-state index in [4.69, 9.17) is 11.6 Å². The van der Waals surface area contributed by atoms with Gasteiger partial charge >= 0.3 is 6.03 Å². The van der Waals surface area contributed by atoms with Crippen LogP contribution < -0.4 is 5.32 Å². The number of anilines is 1. The standard InChI is InChI=1S/C18H22ClN5O/c1-12-13(19)4-3-5-14(12)22-17(25)24-9-7-18(10-24)16-15(20-11-21-16)6-8-23(18)2/h3-5,11H,6-10H2,1-2H3,(H,20,21)(H,22,25). The SMILES string of the molecule is Cc1c(Cl)cccc1NC(=O)N1CCC2(C1)c1nc[nH]c1CCN2C. The Morgan fingerprint density at radius 2 is 2.24 bits per heavy atom. The number of carbonyl (C=O) groups excluding carboxylic acids is 1. The second-order valence-electron chi connectivity index (χ2n) is 6.95. The number of nitrogens with zero attached hydrogens (tertiary/aromatic N) is 3. The number of likely N-dealkylation sites (tertiary alicyclic amines) is 1. The van der Waals surface area contributed by atoms with Gasteiger partial charge in [0.15, 0.2) is 0 Å². The van der Waals surface area contributed by atoms with Gasteiger partial charge in [0.25, 0.3) is 0 Å². The number of H-pyrrole nitrogens is 1. The van der Waals surface area contributed by atoms with Crippen molar-refractivity contribution in [3.05, 3.63) is 46.5 Å². The Morgan fingerprint density at radius 3 is 3.08 bits per heavy atom. The lowest BCUT2D eigenvalue weighted by molar-refractivity contribution is 0.109. The van der Waals surface area contributed by atoms with Crippen LogP contribution in [0, 0.1) is 6.92 Å². The molecule has 0 bridgehead atoms. The molecule has 6 nitrogen and oxygen atoms in total. The van der Waals surface area contributed by atoms with Crippen LogP contribution in [-0.2, 0) is 12.0 Å². The number of carbonyl (C=O) groups is 1. The second kappa shape index (κ2) is 6.04. The van der Waals surface area contributed by atoms with Crippen molar-refractivity contribution in [1.82, 2.24) is 19.8 Å². The van der Waals surface area contributed by atoms with Gasteiger partial charge in [0, 0.05) is 42.5 Å². The number of nitrogens with one attached hydrogen (secondary N) is 2. The van der Waals surface area contributed by atoms with Crippen LogP contribution in [0.3, 0.4) is 0 Å². The zero-order valence-corrected chi connectivity index (χ0v) is 15.2. The van der Waals surface area contributed by atoms with E-state index in [1.807, 2.05) is 30.0 Å². The fraction of sp³-hybridized carbons (Fsp3) is 0.444. The van der Waals surface area contributed by atoms with Crippen molar-refractivity contribution >= 4 is 23.3 Å². The van der Waals surface area contributed by atoms with E-state index >= 15 is 0 Å². The molecule has 2 aliphatic heterocycles. The topological polar surface area (TPSA) is 64.3 Å². The number of benzene rings is 1. The van der Waals surface area contributed by atoms with Crippen LogP contribution in [0.25, 0.3) is 0 Å². The highest BCUT2D eigenvalue weighted by atomic mass is 35.5. The van der Waals surface area contributed by atoms with Gasteiger partial charge in [-0.05, 0) is 38.1 Å². The molecule has 1 atom stereocenters. The maximum Gasteiger partial charge on any atom is 0.321 e. The fourth-order valence-electron chi connectivity index (χ4n) is 4.00. The van der Waals surface area contributed by atoms with Crippen LogP contribution in [-0.4, -0.2) is 52.5 Å². The minimum Gasteiger partial charge on any atom is -0.348 e. The lowest BCUT2D eigenvalue weighted by Gasteiger charge is -2.41. The third-order valence-electron chi connectivity index (χ3n) is 5.63. The largest absolute Gasteiger partial charge is 0.348 e. The van der Waals surface area contributed by atoms with E-state index in [2.05, 4.69) is 27.2 Å². The lowest BCUT2D eigenvalue weighted by Crippen LogP contribution is -2.51. The van der Waals surface area contributed by atoms with Crippen LogP contribution in [0.5, 0.6) is 0 Å². The smallest absolute Gasteiger partial charge is 0.321 e. The zero-order chi connectivity index (χ0) is 17.6. The number of imidazole rings is 1. The summed E-state index contributed by atoms with van der Waals surface area (Å²) in [6, 6.07) is 5.47. The maximum atomic E-state index is 12.8. The third kappa shape index (κ3) is 2.60. The highest BCUT2D eigenvalue weighted by Gasteiger charge is 2.48. The molecule has 1 spiro atoms. The van der Waals surface area contributed by atoms with Gasteiger partial charge in [-0.25, -0.2) is 9.78 Å². The van der Waals surface area contributed by atoms with Crippen molar-refractivity contribution in [3.8, 4) is 0 Å². The van der Waals surface area contributed by atoms with E-state index < -0.39 is 0 Å². The van der Waals surface area contributed by atoms with Gasteiger partial charge in [-0.2, -0.15) is 0 Å². The average molecular weight is 360 g/mol. The van der Waals surface area contributed by atoms with E-state index in [0.29, 0.717) is 18.1 Å². The number of aromatic nitrogens is 2. The van der Waals surface area contributed by atoms with Crippen LogP contribution in [0.2, 0.25) is 5.02 Å². The summed E-state index contributed by atoms with van der Waals surface area (Å²) in [5.41, 5.74) is 3.75. The molecule has 0 saturated carbocycles. The van der Waals surface area contributed by atoms with Crippen molar-refractivity contribution in [1.29, 1.82) is 0 Å². The van der Waals surface area contributed by atoms with Gasteiger partial charge in [-0.15, -0.1) is 0 Å². The van der Waals surface area contributed by atoms with Crippen LogP contribution in [0.15, 0.2) is 24.5 Å². The monoisotopic (exact) mass is 359 g/mol. The number of fused-ring (bicyclic) bond motifs is 2. The van der Waals surface area contributed by atoms with Crippen molar-refractivity contribution in [3.63, 3.8) is 0 Å². The first-order valence-electron chi connectivity index (χ1n) is 8.56. The quantitative estimate of drug-likeness (QED) is 0.822. The first-order valence-corrected chi connectivity index (χ1v) is 8.94. The van der Waals surface area contributed by atoms with Crippen molar-refractivity contribution in [2.75, 3.05) is 32.0 Å². The molecule has 7 heteroatoms. The number of amides is 2. The molecule has 0 radical (unpaired) electrons. The predicted octanol–water partition coefficient (Wildman–Crippen LogP) is 2.99. The van der Waals surface area contributed by atoms with E-state index in [9.17, 15) is 4.79 Å². The third-order valence-corrected chi connectivity index (χ3v) is 6.04. The molecule has 1 aromatic carbocycles. The van der Waals surface area contributed by atoms with E-state index in [0.717, 1.165) is 36.3 Å². The summed E-state index contributed by atoms with van der Waals surface area (Å²) in [6.45, 7) is 4.24. The summed E-state index contributed by atoms with van der Waals surface area (Å²) < 4.78 is 0. The molecule has 2 aliphatic rings. The molecule has 132 valence electrons. The number of hydrogen-bond acceptors (Lipinski definition) is 3. The molecule has 3 heterocycles. The molecule has 1 unspecified atom stereocenters. The Bertz CT molecular complexity index is 820. The van der Waals surface area contributed by atoms with Gasteiger partial charge in [-0.3, -0.25) is 4.90 Å². The minimum atomic E-state index is -0.186. The summed E-state index contributed by atoms with van der Waals surface area (Å²) in [6.07, 6.45) is 3.63. The van der Waals surface area contributed by atoms with Gasteiger partial charge in [0.2, 0.25) is 0 Å². The second-order valence-corrected chi connectivity index (χ2v) is 7.35. The Hall–Kier alpha value is -2.05. The highest BCUT2D eigenvalue weighted by Crippen LogP contribution is 2.40. The normalized spacial score (nSPS) is 23.1. The van der Waals surface area contributed by atoms with Crippen molar-refractivity contribution in [2.24, 2.45) is 0 Å². The van der Waals surface area contributed by atoms with Gasteiger partial charge in [0.1, 0.15) is 0 Å². The summed E-state index contributed by atoms with van der Waals surface area (Å²) in [5.74, 6) is 0. The number of aromatic amines is 1. The molecule has 4 rings (SSSR count). The Balaban J connectivity index is 1.55. The Kier molecular flexibility index (Phi) is 3.96. The number of likely N-dealkylation sites (N-methyl/N-ethyl adjacent to an activating group) is 1. The Labute approximate surface area is 152 Å². The van der Waals surface area contributed by atoms with E-state index in [1.54, 1.807) is 6.33 Å². The van der Waals surface area contributed by atoms with Crippen molar-refractivity contribution in [2.45, 2.75) is 25.3 Å². The average Bonchev–Trinajstić information content (AvgIpc) is 3.24. The van der Waals surface area contributed by atoms with E-state index in [-0.39, 0.29) is 11.6 Å². The minimum absolute atomic E-state index is 0.0849. The fourth-order valence-corrected chi connectivity index (χ4v) is 4.17. The summed E-state index contributed by atoms with van der Waals surface area (Å²) >= 11 is 6.15. The molecule has 1 saturated heterocycles. The molecule has 2 N–H and O–H groups in total. The molecule has 0 aliphatic carbocycles. The lowest BCUT2D eigenvalue weighted by atomic mass is 9.87. The molecule has 1 aromatic heterocycles. The molecule has 1 fully saturated rings. The molecule has 2 amide bonds. The number of hydrogen-bond donors (Lipinski definition) is 2. The molecule has 2 aromatic rings. The van der Waals surface area contributed by atoms with Crippen LogP contribution >= 0.6 is 11.6 Å². The van der Waals surface area contributed by atoms with Crippen LogP contribution in [0.4, 0.5) is 10.5 Å². The highest BCUT2D eigenvalue weighted by molar-refractivity contribution is 6.31. The number of urea groups is 1. The van der Waals surface area contributed by atoms with Gasteiger partial charge < -0.3 is 15.2 Å². The first kappa shape index (κ1) is 16.4. The number of rotatable bonds is 1. The Morgan fingerprint density at radius 1 is 1.40 bits per heavy atom. The molecular weight excluding hydrogens is 338 g/mol. The zero-order valence-electron chi connectivity index (χ0n) is 14.5. The number of halogens is 1. The first-order chi connectivity index (χ1) is 12.0. The summed E-state index contributed by atoms with van der Waals surface area (Å²) in [5, 5.41) is 3.66. The predicted molar refractivity (Wildman–Crippen MR) is 98.0 cm³/mol. The molecular formula is C18H22ClN5O. The van der Waals surface area contributed by atoms with E-state index in [1.165, 1.54) is 5.69 Å². The van der Waals surface area contributed by atoms with Gasteiger partial charge in [-0.1, -0.05) is 17.7 Å². The molecule has 25 heavy (non-hydrogen) atoms. The van der Waals surface area contributed by atoms with Crippen molar-refractivity contribution < 1.29 is 4.79 Å². The van der Waals surface area contributed by atoms with Gasteiger partial charge in [0.05, 0.1) is 17.6 Å². The van der Waals surface area contributed by atoms with Crippen LogP contribution in [0.1, 0.15) is 23.4 Å². The summed E-state index contributed by atoms with van der Waals surface area (Å²) in [4.78, 5) is 24.8. The maximum absolute atomic E-state index is 12.8.